The van der Waals surface area contributed by atoms with Crippen molar-refractivity contribution in [3.05, 3.63) is 116 Å². The average Bonchev–Trinajstić information content (AvgIpc) is 2.90. The number of aryl methyl sites for hydroxylation is 4. The maximum Gasteiger partial charge on any atom is 0.337 e. The number of hydrogen-bond donors (Lipinski definition) is 2. The third-order valence-corrected chi connectivity index (χ3v) is 7.41. The molecule has 218 valence electrons. The van der Waals surface area contributed by atoms with Crippen LogP contribution >= 0.6 is 0 Å². The highest BCUT2D eigenvalue weighted by molar-refractivity contribution is 6.07. The summed E-state index contributed by atoms with van der Waals surface area (Å²) in [6.45, 7) is 14.9. The van der Waals surface area contributed by atoms with E-state index in [1.807, 2.05) is 70.2 Å². The van der Waals surface area contributed by atoms with Crippen LogP contribution in [0, 0.1) is 34.6 Å². The van der Waals surface area contributed by atoms with Crippen molar-refractivity contribution in [1.29, 1.82) is 0 Å². The molecular weight excluding hydrogens is 528 g/mol. The first-order chi connectivity index (χ1) is 19.7. The minimum absolute atomic E-state index is 0.0247. The molecular formula is C35H38N2O5. The molecule has 4 rings (SSSR count). The molecule has 0 aliphatic heterocycles. The molecule has 4 aromatic rings. The third-order valence-electron chi connectivity index (χ3n) is 7.41. The number of para-hydroxylation sites is 1. The second-order valence-corrected chi connectivity index (χ2v) is 11.7. The van der Waals surface area contributed by atoms with Crippen molar-refractivity contribution < 1.29 is 19.4 Å². The zero-order valence-corrected chi connectivity index (χ0v) is 25.5. The van der Waals surface area contributed by atoms with Crippen LogP contribution in [-0.2, 0) is 9.53 Å². The van der Waals surface area contributed by atoms with Gasteiger partial charge in [-0.25, -0.2) is 4.79 Å². The van der Waals surface area contributed by atoms with E-state index in [-0.39, 0.29) is 11.1 Å². The third kappa shape index (κ3) is 6.21. The van der Waals surface area contributed by atoms with Crippen LogP contribution < -0.4 is 10.9 Å². The van der Waals surface area contributed by atoms with Gasteiger partial charge >= 0.3 is 5.97 Å². The number of carbonyl (C=O) groups excluding carboxylic acids is 1. The van der Waals surface area contributed by atoms with Crippen molar-refractivity contribution in [3.8, 4) is 16.8 Å². The Bertz CT molecular complexity index is 1730. The van der Waals surface area contributed by atoms with Gasteiger partial charge in [0.1, 0.15) is 5.56 Å². The van der Waals surface area contributed by atoms with Gasteiger partial charge in [0.2, 0.25) is 0 Å². The molecule has 7 heteroatoms. The molecule has 0 bridgehead atoms. The fourth-order valence-electron chi connectivity index (χ4n) is 5.03. The Morgan fingerprint density at radius 3 is 1.98 bits per heavy atom. The summed E-state index contributed by atoms with van der Waals surface area (Å²) >= 11 is 0. The van der Waals surface area contributed by atoms with Crippen LogP contribution in [-0.4, -0.2) is 27.2 Å². The molecule has 0 fully saturated rings. The molecule has 42 heavy (non-hydrogen) atoms. The Hall–Kier alpha value is -4.49. The molecule has 0 saturated carbocycles. The number of ether oxygens (including phenoxy) is 1. The van der Waals surface area contributed by atoms with Crippen LogP contribution in [0.25, 0.3) is 16.8 Å². The lowest BCUT2D eigenvalue weighted by Gasteiger charge is -2.30. The first-order valence-electron chi connectivity index (χ1n) is 13.9. The molecule has 1 unspecified atom stereocenters. The fraction of sp³-hybridized carbons (Fsp3) is 0.286. The number of carboxylic acids is 1. The van der Waals surface area contributed by atoms with E-state index in [1.165, 1.54) is 4.57 Å². The minimum atomic E-state index is -1.60. The second kappa shape index (κ2) is 11.8. The van der Waals surface area contributed by atoms with Gasteiger partial charge in [0.15, 0.2) is 6.10 Å². The van der Waals surface area contributed by atoms with Gasteiger partial charge in [0, 0.05) is 28.2 Å². The van der Waals surface area contributed by atoms with Crippen molar-refractivity contribution in [2.75, 3.05) is 5.32 Å². The lowest BCUT2D eigenvalue weighted by atomic mass is 9.88. The fourth-order valence-corrected chi connectivity index (χ4v) is 5.03. The van der Waals surface area contributed by atoms with E-state index in [2.05, 4.69) is 5.32 Å². The molecule has 0 radical (unpaired) electrons. The van der Waals surface area contributed by atoms with Gasteiger partial charge in [0.25, 0.3) is 11.5 Å². The number of anilines is 1. The zero-order valence-electron chi connectivity index (χ0n) is 25.5. The number of aliphatic carboxylic acids is 1. The Balaban J connectivity index is 2.20. The summed E-state index contributed by atoms with van der Waals surface area (Å²) in [7, 11) is 0. The second-order valence-electron chi connectivity index (χ2n) is 11.7. The van der Waals surface area contributed by atoms with Gasteiger partial charge in [-0.15, -0.1) is 0 Å². The van der Waals surface area contributed by atoms with Crippen molar-refractivity contribution in [3.63, 3.8) is 0 Å². The molecule has 0 aliphatic carbocycles. The smallest absolute Gasteiger partial charge is 0.337 e. The number of aromatic nitrogens is 1. The summed E-state index contributed by atoms with van der Waals surface area (Å²) in [5.74, 6) is -2.01. The van der Waals surface area contributed by atoms with Crippen molar-refractivity contribution in [2.24, 2.45) is 0 Å². The summed E-state index contributed by atoms with van der Waals surface area (Å²) in [6, 6.07) is 20.2. The first kappa shape index (κ1) is 30.5. The SMILES string of the molecule is Cc1ccc(-c2c(C(OC(C)(C)C)C(=O)O)c(C(=O)Nc3ccccc3)c(=O)n(-c3ccc(C)c(C)c3)c2C)cc1C. The molecule has 2 N–H and O–H groups in total. The minimum Gasteiger partial charge on any atom is -0.479 e. The zero-order chi connectivity index (χ0) is 30.9. The van der Waals surface area contributed by atoms with E-state index in [0.717, 1.165) is 22.3 Å². The van der Waals surface area contributed by atoms with E-state index in [9.17, 15) is 19.5 Å². The number of pyridine rings is 1. The Morgan fingerprint density at radius 2 is 1.43 bits per heavy atom. The van der Waals surface area contributed by atoms with E-state index in [4.69, 9.17) is 4.74 Å². The Morgan fingerprint density at radius 1 is 0.833 bits per heavy atom. The molecule has 7 nitrogen and oxygen atoms in total. The summed E-state index contributed by atoms with van der Waals surface area (Å²) in [5, 5.41) is 13.3. The van der Waals surface area contributed by atoms with Gasteiger partial charge < -0.3 is 15.2 Å². The van der Waals surface area contributed by atoms with E-state index in [0.29, 0.717) is 28.2 Å². The molecule has 3 aromatic carbocycles. The Kier molecular flexibility index (Phi) is 8.55. The van der Waals surface area contributed by atoms with Crippen LogP contribution in [0.1, 0.15) is 70.7 Å². The van der Waals surface area contributed by atoms with Crippen molar-refractivity contribution in [2.45, 2.75) is 67.1 Å². The summed E-state index contributed by atoms with van der Waals surface area (Å²) < 4.78 is 7.60. The van der Waals surface area contributed by atoms with Gasteiger partial charge in [-0.2, -0.15) is 0 Å². The average molecular weight is 567 g/mol. The van der Waals surface area contributed by atoms with Crippen molar-refractivity contribution in [1.82, 2.24) is 4.57 Å². The molecule has 1 amide bonds. The van der Waals surface area contributed by atoms with Gasteiger partial charge in [0.05, 0.1) is 5.60 Å². The first-order valence-corrected chi connectivity index (χ1v) is 13.9. The predicted octanol–water partition coefficient (Wildman–Crippen LogP) is 7.24. The Labute approximate surface area is 246 Å². The number of hydrogen-bond acceptors (Lipinski definition) is 4. The highest BCUT2D eigenvalue weighted by atomic mass is 16.5. The summed E-state index contributed by atoms with van der Waals surface area (Å²) in [5.41, 5.74) is 4.99. The number of amides is 1. The summed E-state index contributed by atoms with van der Waals surface area (Å²) in [6.07, 6.45) is -1.60. The maximum absolute atomic E-state index is 14.5. The van der Waals surface area contributed by atoms with Crippen LogP contribution in [0.4, 0.5) is 5.69 Å². The number of carboxylic acid groups (broad SMARTS) is 1. The van der Waals surface area contributed by atoms with Gasteiger partial charge in [-0.1, -0.05) is 42.5 Å². The largest absolute Gasteiger partial charge is 0.479 e. The monoisotopic (exact) mass is 566 g/mol. The standard InChI is InChI=1S/C35H38N2O5/c1-20-14-16-25(18-22(20)3)28-24(5)37(27-17-15-21(2)23(4)19-27)33(39)30(32(38)36-26-12-10-9-11-13-26)29(28)31(34(40)41)42-35(6,7)8/h9-19,31H,1-8H3,(H,36,38)(H,40,41). The van der Waals surface area contributed by atoms with Crippen LogP contribution in [0.15, 0.2) is 71.5 Å². The predicted molar refractivity (Wildman–Crippen MR) is 167 cm³/mol. The van der Waals surface area contributed by atoms with E-state index < -0.39 is 29.1 Å². The van der Waals surface area contributed by atoms with Crippen LogP contribution in [0.5, 0.6) is 0 Å². The van der Waals surface area contributed by atoms with Gasteiger partial charge in [-0.3, -0.25) is 14.2 Å². The van der Waals surface area contributed by atoms with E-state index in [1.54, 1.807) is 52.0 Å². The lowest BCUT2D eigenvalue weighted by molar-refractivity contribution is -0.160. The molecule has 1 atom stereocenters. The number of rotatable bonds is 7. The van der Waals surface area contributed by atoms with E-state index >= 15 is 0 Å². The highest BCUT2D eigenvalue weighted by Crippen LogP contribution is 2.38. The number of carbonyl (C=O) groups is 2. The maximum atomic E-state index is 14.5. The lowest BCUT2D eigenvalue weighted by Crippen LogP contribution is -2.36. The number of nitrogens with zero attached hydrogens (tertiary/aromatic N) is 1. The van der Waals surface area contributed by atoms with Crippen LogP contribution in [0.2, 0.25) is 0 Å². The number of benzene rings is 3. The molecule has 1 heterocycles. The summed E-state index contributed by atoms with van der Waals surface area (Å²) in [4.78, 5) is 41.5. The quantitative estimate of drug-likeness (QED) is 0.246. The highest BCUT2D eigenvalue weighted by Gasteiger charge is 2.37. The normalized spacial score (nSPS) is 12.2. The van der Waals surface area contributed by atoms with Crippen LogP contribution in [0.3, 0.4) is 0 Å². The molecule has 1 aromatic heterocycles. The molecule has 0 saturated heterocycles. The van der Waals surface area contributed by atoms with Crippen molar-refractivity contribution >= 4 is 17.6 Å². The molecule has 0 spiro atoms. The number of nitrogens with one attached hydrogen (secondary N) is 1. The molecule has 0 aliphatic rings. The topological polar surface area (TPSA) is 97.6 Å². The van der Waals surface area contributed by atoms with Gasteiger partial charge in [-0.05, 0) is 107 Å².